The topological polar surface area (TPSA) is 77.2 Å². The fourth-order valence-corrected chi connectivity index (χ4v) is 1.19. The molecule has 0 saturated carbocycles. The van der Waals surface area contributed by atoms with Gasteiger partial charge in [-0.1, -0.05) is 6.07 Å². The average molecular weight is 219 g/mol. The zero-order chi connectivity index (χ0) is 12.3. The Morgan fingerprint density at radius 2 is 2.25 bits per heavy atom. The van der Waals surface area contributed by atoms with E-state index in [1.165, 1.54) is 4.90 Å². The Balaban J connectivity index is 3.06. The molecule has 0 saturated heterocycles. The van der Waals surface area contributed by atoms with Crippen LogP contribution in [0.15, 0.2) is 12.1 Å². The predicted molar refractivity (Wildman–Crippen MR) is 59.2 cm³/mol. The second kappa shape index (κ2) is 4.62. The molecular formula is C11H13N3O2. The minimum absolute atomic E-state index is 0.321. The van der Waals surface area contributed by atoms with E-state index in [1.54, 1.807) is 33.0 Å². The molecule has 1 N–H and O–H groups in total. The summed E-state index contributed by atoms with van der Waals surface area (Å²) in [6.45, 7) is 3.35. The second-order valence-electron chi connectivity index (χ2n) is 3.57. The highest BCUT2D eigenvalue weighted by Crippen LogP contribution is 2.15. The number of aryl methyl sites for hydroxylation is 1. The zero-order valence-corrected chi connectivity index (χ0v) is 9.43. The largest absolute Gasteiger partial charge is 0.480 e. The van der Waals surface area contributed by atoms with E-state index in [2.05, 4.69) is 4.98 Å². The van der Waals surface area contributed by atoms with E-state index in [9.17, 15) is 4.79 Å². The summed E-state index contributed by atoms with van der Waals surface area (Å²) >= 11 is 0. The van der Waals surface area contributed by atoms with Crippen molar-refractivity contribution in [3.63, 3.8) is 0 Å². The molecule has 1 rings (SSSR count). The SMILES string of the molecule is Cc1ccc(N(C)C(C)C(=O)O)nc1C#N. The maximum atomic E-state index is 10.8. The molecule has 0 radical (unpaired) electrons. The van der Waals surface area contributed by atoms with Crippen molar-refractivity contribution in [1.29, 1.82) is 5.26 Å². The lowest BCUT2D eigenvalue weighted by Crippen LogP contribution is -2.36. The third-order valence-electron chi connectivity index (χ3n) is 2.49. The van der Waals surface area contributed by atoms with Gasteiger partial charge in [-0.2, -0.15) is 5.26 Å². The van der Waals surface area contributed by atoms with Gasteiger partial charge in [-0.05, 0) is 25.5 Å². The Morgan fingerprint density at radius 3 is 2.75 bits per heavy atom. The lowest BCUT2D eigenvalue weighted by Gasteiger charge is -2.22. The van der Waals surface area contributed by atoms with Crippen LogP contribution in [0.1, 0.15) is 18.2 Å². The number of anilines is 1. The highest BCUT2D eigenvalue weighted by atomic mass is 16.4. The highest BCUT2D eigenvalue weighted by molar-refractivity contribution is 5.77. The Morgan fingerprint density at radius 1 is 1.62 bits per heavy atom. The number of carbonyl (C=O) groups is 1. The number of hydrogen-bond acceptors (Lipinski definition) is 4. The number of nitrogens with zero attached hydrogens (tertiary/aromatic N) is 3. The molecule has 0 amide bonds. The minimum atomic E-state index is -0.927. The van der Waals surface area contributed by atoms with Crippen molar-refractivity contribution >= 4 is 11.8 Å². The van der Waals surface area contributed by atoms with Crippen molar-refractivity contribution in [2.45, 2.75) is 19.9 Å². The first-order valence-electron chi connectivity index (χ1n) is 4.80. The molecular weight excluding hydrogens is 206 g/mol. The molecule has 84 valence electrons. The van der Waals surface area contributed by atoms with Crippen LogP contribution in [0.4, 0.5) is 5.82 Å². The Bertz CT molecular complexity index is 451. The summed E-state index contributed by atoms with van der Waals surface area (Å²) in [4.78, 5) is 16.4. The second-order valence-corrected chi connectivity index (χ2v) is 3.57. The third-order valence-corrected chi connectivity index (χ3v) is 2.49. The molecule has 5 heteroatoms. The number of likely N-dealkylation sites (N-methyl/N-ethyl adjacent to an activating group) is 1. The van der Waals surface area contributed by atoms with Crippen LogP contribution in [0, 0.1) is 18.3 Å². The summed E-state index contributed by atoms with van der Waals surface area (Å²) < 4.78 is 0. The molecule has 1 heterocycles. The summed E-state index contributed by atoms with van der Waals surface area (Å²) in [7, 11) is 1.64. The van der Waals surface area contributed by atoms with E-state index in [4.69, 9.17) is 10.4 Å². The molecule has 0 bridgehead atoms. The van der Waals surface area contributed by atoms with Gasteiger partial charge in [0.25, 0.3) is 0 Å². The lowest BCUT2D eigenvalue weighted by molar-refractivity contribution is -0.138. The number of aromatic nitrogens is 1. The number of aliphatic carboxylic acids is 1. The van der Waals surface area contributed by atoms with Gasteiger partial charge in [0.15, 0.2) is 0 Å². The van der Waals surface area contributed by atoms with Crippen LogP contribution in [-0.2, 0) is 4.79 Å². The Labute approximate surface area is 93.9 Å². The first-order valence-corrected chi connectivity index (χ1v) is 4.80. The van der Waals surface area contributed by atoms with Gasteiger partial charge in [0.2, 0.25) is 0 Å². The molecule has 0 aliphatic heterocycles. The van der Waals surface area contributed by atoms with Crippen LogP contribution in [0.25, 0.3) is 0 Å². The van der Waals surface area contributed by atoms with Crippen LogP contribution >= 0.6 is 0 Å². The molecule has 1 atom stereocenters. The zero-order valence-electron chi connectivity index (χ0n) is 9.43. The summed E-state index contributed by atoms with van der Waals surface area (Å²) in [6.07, 6.45) is 0. The normalized spacial score (nSPS) is 11.6. The molecule has 1 aromatic rings. The maximum absolute atomic E-state index is 10.8. The number of carboxylic acids is 1. The number of hydrogen-bond donors (Lipinski definition) is 1. The summed E-state index contributed by atoms with van der Waals surface area (Å²) in [5.41, 5.74) is 1.10. The monoisotopic (exact) mass is 219 g/mol. The molecule has 1 aromatic heterocycles. The van der Waals surface area contributed by atoms with Gasteiger partial charge in [0.05, 0.1) is 0 Å². The van der Waals surface area contributed by atoms with E-state index in [1.807, 2.05) is 6.07 Å². The molecule has 0 aromatic carbocycles. The number of carboxylic acid groups (broad SMARTS) is 1. The van der Waals surface area contributed by atoms with Crippen molar-refractivity contribution in [2.24, 2.45) is 0 Å². The third kappa shape index (κ3) is 2.28. The summed E-state index contributed by atoms with van der Waals surface area (Å²) in [6, 6.07) is 4.75. The van der Waals surface area contributed by atoms with Crippen molar-refractivity contribution in [3.8, 4) is 6.07 Å². The molecule has 0 fully saturated rings. The van der Waals surface area contributed by atoms with Gasteiger partial charge in [0.1, 0.15) is 23.6 Å². The van der Waals surface area contributed by atoms with E-state index in [0.717, 1.165) is 5.56 Å². The Kier molecular flexibility index (Phi) is 3.46. The van der Waals surface area contributed by atoms with Gasteiger partial charge in [-0.3, -0.25) is 0 Å². The van der Waals surface area contributed by atoms with Crippen LogP contribution in [0.2, 0.25) is 0 Å². The van der Waals surface area contributed by atoms with Crippen LogP contribution < -0.4 is 4.90 Å². The fourth-order valence-electron chi connectivity index (χ4n) is 1.19. The smallest absolute Gasteiger partial charge is 0.326 e. The maximum Gasteiger partial charge on any atom is 0.326 e. The first kappa shape index (κ1) is 12.0. The van der Waals surface area contributed by atoms with Crippen molar-refractivity contribution in [1.82, 2.24) is 4.98 Å². The lowest BCUT2D eigenvalue weighted by atomic mass is 10.2. The number of nitriles is 1. The van der Waals surface area contributed by atoms with Crippen LogP contribution in [0.3, 0.4) is 0 Å². The number of pyridine rings is 1. The standard InChI is InChI=1S/C11H13N3O2/c1-7-4-5-10(13-9(7)6-12)14(3)8(2)11(15)16/h4-5,8H,1-3H3,(H,15,16). The predicted octanol–water partition coefficient (Wildman–Crippen LogP) is 1.17. The number of rotatable bonds is 3. The van der Waals surface area contributed by atoms with E-state index in [-0.39, 0.29) is 0 Å². The Hall–Kier alpha value is -2.09. The molecule has 16 heavy (non-hydrogen) atoms. The first-order chi connectivity index (χ1) is 7.47. The van der Waals surface area contributed by atoms with Gasteiger partial charge < -0.3 is 10.0 Å². The van der Waals surface area contributed by atoms with Crippen molar-refractivity contribution < 1.29 is 9.90 Å². The summed E-state index contributed by atoms with van der Waals surface area (Å²) in [5, 5.41) is 17.7. The quantitative estimate of drug-likeness (QED) is 0.825. The average Bonchev–Trinajstić information content (AvgIpc) is 2.27. The minimum Gasteiger partial charge on any atom is -0.480 e. The van der Waals surface area contributed by atoms with Crippen LogP contribution in [-0.4, -0.2) is 29.1 Å². The van der Waals surface area contributed by atoms with Crippen molar-refractivity contribution in [2.75, 3.05) is 11.9 Å². The fraction of sp³-hybridized carbons (Fsp3) is 0.364. The molecule has 1 unspecified atom stereocenters. The molecule has 5 nitrogen and oxygen atoms in total. The van der Waals surface area contributed by atoms with Gasteiger partial charge in [-0.15, -0.1) is 0 Å². The molecule has 0 spiro atoms. The van der Waals surface area contributed by atoms with Crippen LogP contribution in [0.5, 0.6) is 0 Å². The molecule has 0 aliphatic carbocycles. The van der Waals surface area contributed by atoms with E-state index >= 15 is 0 Å². The van der Waals surface area contributed by atoms with Gasteiger partial charge in [-0.25, -0.2) is 9.78 Å². The summed E-state index contributed by atoms with van der Waals surface area (Å²) in [5.74, 6) is -0.444. The molecule has 0 aliphatic rings. The van der Waals surface area contributed by atoms with E-state index < -0.39 is 12.0 Å². The van der Waals surface area contributed by atoms with Crippen molar-refractivity contribution in [3.05, 3.63) is 23.4 Å². The highest BCUT2D eigenvalue weighted by Gasteiger charge is 2.18. The van der Waals surface area contributed by atoms with Gasteiger partial charge >= 0.3 is 5.97 Å². The van der Waals surface area contributed by atoms with Gasteiger partial charge in [0, 0.05) is 7.05 Å². The van der Waals surface area contributed by atoms with E-state index in [0.29, 0.717) is 11.5 Å².